The molecule has 0 aromatic carbocycles. The van der Waals surface area contributed by atoms with Crippen molar-refractivity contribution in [3.8, 4) is 0 Å². The van der Waals surface area contributed by atoms with Gasteiger partial charge in [-0.15, -0.1) is 0 Å². The number of nitrogens with two attached hydrogens (primary N) is 1. The van der Waals surface area contributed by atoms with Crippen LogP contribution in [0.2, 0.25) is 0 Å². The normalized spacial score (nSPS) is 12.6. The van der Waals surface area contributed by atoms with Crippen molar-refractivity contribution in [3.05, 3.63) is 23.0 Å². The van der Waals surface area contributed by atoms with Gasteiger partial charge >= 0.3 is 0 Å². The van der Waals surface area contributed by atoms with E-state index < -0.39 is 0 Å². The summed E-state index contributed by atoms with van der Waals surface area (Å²) in [6, 6.07) is 0. The smallest absolute Gasteiger partial charge is 0.217 e. The molecule has 100 valence electrons. The Bertz CT molecular complexity index is 451. The fourth-order valence-electron chi connectivity index (χ4n) is 1.72. The Morgan fingerprint density at radius 3 is 2.83 bits per heavy atom. The molecule has 0 bridgehead atoms. The van der Waals surface area contributed by atoms with Gasteiger partial charge in [0.25, 0.3) is 0 Å². The molecule has 18 heavy (non-hydrogen) atoms. The zero-order chi connectivity index (χ0) is 13.8. The first-order valence-corrected chi connectivity index (χ1v) is 6.53. The highest BCUT2D eigenvalue weighted by Crippen LogP contribution is 2.26. The lowest BCUT2D eigenvalue weighted by atomic mass is 10.0. The highest BCUT2D eigenvalue weighted by molar-refractivity contribution is 9.11. The van der Waals surface area contributed by atoms with Gasteiger partial charge in [0.15, 0.2) is 0 Å². The topological polar surface area (TPSA) is 72.9 Å². The molecule has 0 atom stereocenters. The van der Waals surface area contributed by atoms with E-state index in [4.69, 9.17) is 5.73 Å². The summed E-state index contributed by atoms with van der Waals surface area (Å²) in [5.74, 6) is 0.503. The Balaban J connectivity index is 2.86. The van der Waals surface area contributed by atoms with E-state index in [2.05, 4.69) is 46.2 Å². The molecule has 1 aromatic heterocycles. The van der Waals surface area contributed by atoms with E-state index >= 15 is 0 Å². The first-order chi connectivity index (χ1) is 8.36. The van der Waals surface area contributed by atoms with Crippen LogP contribution in [-0.4, -0.2) is 22.5 Å². The summed E-state index contributed by atoms with van der Waals surface area (Å²) in [5, 5.41) is 3.04. The van der Waals surface area contributed by atoms with Gasteiger partial charge in [-0.1, -0.05) is 15.9 Å². The molecule has 1 rings (SSSR count). The van der Waals surface area contributed by atoms with Crippen LogP contribution in [-0.2, 0) is 10.3 Å². The number of anilines is 1. The van der Waals surface area contributed by atoms with Gasteiger partial charge in [-0.25, -0.2) is 4.98 Å². The van der Waals surface area contributed by atoms with Crippen molar-refractivity contribution in [1.82, 2.24) is 9.55 Å². The first-order valence-electron chi connectivity index (χ1n) is 5.74. The maximum absolute atomic E-state index is 10.7. The summed E-state index contributed by atoms with van der Waals surface area (Å²) >= 11 is 3.47. The minimum Gasteiger partial charge on any atom is -0.370 e. The number of amides is 1. The third-order valence-corrected chi connectivity index (χ3v) is 3.23. The number of rotatable bonds is 6. The van der Waals surface area contributed by atoms with Crippen LogP contribution in [0.15, 0.2) is 23.0 Å². The molecule has 1 heterocycles. The van der Waals surface area contributed by atoms with Gasteiger partial charge in [0.2, 0.25) is 11.9 Å². The van der Waals surface area contributed by atoms with Crippen LogP contribution in [0.25, 0.3) is 0 Å². The predicted molar refractivity (Wildman–Crippen MR) is 76.5 cm³/mol. The molecule has 0 aliphatic carbocycles. The molecule has 5 nitrogen and oxygen atoms in total. The number of halogens is 1. The SMILES string of the molecule is CNc1nccn1C(C)(C)/C=C(/Br)CCC(N)=O. The summed E-state index contributed by atoms with van der Waals surface area (Å²) in [5.41, 5.74) is 4.89. The monoisotopic (exact) mass is 314 g/mol. The number of imidazole rings is 1. The molecule has 0 saturated heterocycles. The summed E-state index contributed by atoms with van der Waals surface area (Å²) < 4.78 is 2.99. The lowest BCUT2D eigenvalue weighted by Crippen LogP contribution is -2.24. The molecule has 0 radical (unpaired) electrons. The molecule has 0 aliphatic rings. The molecule has 0 aliphatic heterocycles. The third-order valence-electron chi connectivity index (χ3n) is 2.61. The molecular formula is C12H19BrN4O. The number of hydrogen-bond acceptors (Lipinski definition) is 3. The lowest BCUT2D eigenvalue weighted by Gasteiger charge is -2.25. The van der Waals surface area contributed by atoms with Crippen molar-refractivity contribution in [3.63, 3.8) is 0 Å². The van der Waals surface area contributed by atoms with Gasteiger partial charge in [-0.2, -0.15) is 0 Å². The quantitative estimate of drug-likeness (QED) is 0.845. The van der Waals surface area contributed by atoms with E-state index in [1.54, 1.807) is 6.20 Å². The molecule has 1 aromatic rings. The minimum atomic E-state index is -0.295. The first kappa shape index (κ1) is 14.8. The van der Waals surface area contributed by atoms with Gasteiger partial charge in [-0.05, 0) is 30.8 Å². The molecule has 1 amide bonds. The van der Waals surface area contributed by atoms with Crippen LogP contribution < -0.4 is 11.1 Å². The van der Waals surface area contributed by atoms with Gasteiger partial charge < -0.3 is 15.6 Å². The number of nitrogens with zero attached hydrogens (tertiary/aromatic N) is 2. The Labute approximate surface area is 116 Å². The fraction of sp³-hybridized carbons (Fsp3) is 0.500. The highest BCUT2D eigenvalue weighted by atomic mass is 79.9. The number of carbonyl (C=O) groups is 1. The van der Waals surface area contributed by atoms with E-state index in [0.717, 1.165) is 10.4 Å². The average molecular weight is 315 g/mol. The number of aromatic nitrogens is 2. The number of carbonyl (C=O) groups excluding carboxylic acids is 1. The Morgan fingerprint density at radius 2 is 2.28 bits per heavy atom. The van der Waals surface area contributed by atoms with Gasteiger partial charge in [0.05, 0.1) is 5.54 Å². The maximum Gasteiger partial charge on any atom is 0.217 e. The van der Waals surface area contributed by atoms with E-state index in [1.807, 2.05) is 17.8 Å². The average Bonchev–Trinajstić information content (AvgIpc) is 2.74. The van der Waals surface area contributed by atoms with Crippen molar-refractivity contribution in [2.45, 2.75) is 32.2 Å². The Morgan fingerprint density at radius 1 is 1.61 bits per heavy atom. The Kier molecular flexibility index (Phi) is 4.95. The molecule has 3 N–H and O–H groups in total. The fourth-order valence-corrected chi connectivity index (χ4v) is 2.48. The molecule has 0 saturated carbocycles. The standard InChI is InChI=1S/C12H19BrN4O/c1-12(2,8-9(13)4-5-10(14)18)17-7-6-16-11(17)15-3/h6-8H,4-5H2,1-3H3,(H2,14,18)(H,15,16)/b9-8+. The Hall–Kier alpha value is -1.30. The van der Waals surface area contributed by atoms with Crippen molar-refractivity contribution in [2.75, 3.05) is 12.4 Å². The second kappa shape index (κ2) is 6.04. The second-order valence-electron chi connectivity index (χ2n) is 4.58. The van der Waals surface area contributed by atoms with E-state index in [9.17, 15) is 4.79 Å². The maximum atomic E-state index is 10.7. The molecule has 0 spiro atoms. The van der Waals surface area contributed by atoms with Gasteiger partial charge in [-0.3, -0.25) is 4.79 Å². The minimum absolute atomic E-state index is 0.245. The summed E-state index contributed by atoms with van der Waals surface area (Å²) in [7, 11) is 1.83. The van der Waals surface area contributed by atoms with Crippen molar-refractivity contribution in [1.29, 1.82) is 0 Å². The van der Waals surface area contributed by atoms with Crippen LogP contribution >= 0.6 is 15.9 Å². The molecule has 0 unspecified atom stereocenters. The van der Waals surface area contributed by atoms with E-state index in [0.29, 0.717) is 12.8 Å². The predicted octanol–water partition coefficient (Wildman–Crippen LogP) is 2.20. The zero-order valence-electron chi connectivity index (χ0n) is 10.9. The van der Waals surface area contributed by atoms with Crippen LogP contribution in [0.3, 0.4) is 0 Å². The zero-order valence-corrected chi connectivity index (χ0v) is 12.5. The van der Waals surface area contributed by atoms with E-state index in [-0.39, 0.29) is 11.4 Å². The van der Waals surface area contributed by atoms with Crippen LogP contribution in [0.4, 0.5) is 5.95 Å². The summed E-state index contributed by atoms with van der Waals surface area (Å²) in [6.07, 6.45) is 6.67. The highest BCUT2D eigenvalue weighted by Gasteiger charge is 2.20. The summed E-state index contributed by atoms with van der Waals surface area (Å²) in [4.78, 5) is 15.0. The van der Waals surface area contributed by atoms with E-state index in [1.165, 1.54) is 0 Å². The van der Waals surface area contributed by atoms with Crippen molar-refractivity contribution in [2.24, 2.45) is 5.73 Å². The van der Waals surface area contributed by atoms with Crippen LogP contribution in [0.1, 0.15) is 26.7 Å². The molecule has 0 fully saturated rings. The van der Waals surface area contributed by atoms with Crippen LogP contribution in [0.5, 0.6) is 0 Å². The second-order valence-corrected chi connectivity index (χ2v) is 5.60. The number of hydrogen-bond donors (Lipinski definition) is 2. The lowest BCUT2D eigenvalue weighted by molar-refractivity contribution is -0.117. The number of nitrogens with one attached hydrogen (secondary N) is 1. The van der Waals surface area contributed by atoms with Crippen molar-refractivity contribution < 1.29 is 4.79 Å². The number of allylic oxidation sites excluding steroid dienone is 2. The van der Waals surface area contributed by atoms with Crippen LogP contribution in [0, 0.1) is 0 Å². The van der Waals surface area contributed by atoms with Crippen molar-refractivity contribution >= 4 is 27.8 Å². The largest absolute Gasteiger partial charge is 0.370 e. The molecular weight excluding hydrogens is 296 g/mol. The molecule has 6 heteroatoms. The number of primary amides is 1. The third kappa shape index (κ3) is 3.87. The van der Waals surface area contributed by atoms with Gasteiger partial charge in [0, 0.05) is 25.9 Å². The van der Waals surface area contributed by atoms with Gasteiger partial charge in [0.1, 0.15) is 0 Å². The summed E-state index contributed by atoms with van der Waals surface area (Å²) in [6.45, 7) is 4.14.